The van der Waals surface area contributed by atoms with Gasteiger partial charge in [-0.2, -0.15) is 0 Å². The fourth-order valence-electron chi connectivity index (χ4n) is 1.46. The lowest BCUT2D eigenvalue weighted by atomic mass is 10.6. The van der Waals surface area contributed by atoms with Gasteiger partial charge >= 0.3 is 0 Å². The molecule has 0 bridgehead atoms. The normalized spacial score (nSPS) is 12.7. The Morgan fingerprint density at radius 3 is 0.889 bits per heavy atom. The van der Waals surface area contributed by atoms with E-state index < -0.39 is 0 Å². The molecule has 0 radical (unpaired) electrons. The average molecular weight is 323 g/mol. The maximum atomic E-state index is 3.66. The molecule has 0 saturated carbocycles. The second-order valence-electron chi connectivity index (χ2n) is 4.91. The molecular weight excluding hydrogens is 284 g/mol. The molecule has 0 saturated heterocycles. The topological polar surface area (TPSA) is 24.1 Å². The van der Waals surface area contributed by atoms with E-state index in [4.69, 9.17) is 0 Å². The molecule has 0 aliphatic heterocycles. The Morgan fingerprint density at radius 2 is 0.722 bits per heavy atom. The first-order valence-corrected chi connectivity index (χ1v) is 15.1. The minimum atomic E-state index is 0.203. The third kappa shape index (κ3) is 25.6. The Hall–Kier alpha value is 0.788. The molecule has 0 aliphatic rings. The Kier molecular flexibility index (Phi) is 26.9. The SMILES string of the molecule is CCC[SiH2]N[SiH2]CCC.CCC[SiH2]N[SiH2]CCC. The van der Waals surface area contributed by atoms with Crippen molar-refractivity contribution in [2.24, 2.45) is 0 Å². The van der Waals surface area contributed by atoms with E-state index in [1.54, 1.807) is 0 Å². The quantitative estimate of drug-likeness (QED) is 0.410. The third-order valence-corrected chi connectivity index (χ3v) is 12.7. The van der Waals surface area contributed by atoms with Crippen LogP contribution in [0.15, 0.2) is 0 Å². The van der Waals surface area contributed by atoms with Crippen LogP contribution >= 0.6 is 0 Å². The second kappa shape index (κ2) is 22.9. The molecular formula is C12H38N2Si4. The predicted molar refractivity (Wildman–Crippen MR) is 101 cm³/mol. The van der Waals surface area contributed by atoms with Crippen molar-refractivity contribution in [3.8, 4) is 0 Å². The molecule has 0 spiro atoms. The van der Waals surface area contributed by atoms with Gasteiger partial charge in [-0.15, -0.1) is 0 Å². The van der Waals surface area contributed by atoms with Crippen LogP contribution in [0.25, 0.3) is 0 Å². The minimum Gasteiger partial charge on any atom is -0.369 e. The van der Waals surface area contributed by atoms with Crippen LogP contribution in [-0.2, 0) is 0 Å². The molecule has 0 aromatic rings. The summed E-state index contributed by atoms with van der Waals surface area (Å²) in [5, 5.41) is 0. The van der Waals surface area contributed by atoms with Crippen LogP contribution in [0.3, 0.4) is 0 Å². The van der Waals surface area contributed by atoms with Gasteiger partial charge in [0.15, 0.2) is 0 Å². The summed E-state index contributed by atoms with van der Waals surface area (Å²) in [5.74, 6) is 0. The minimum absolute atomic E-state index is 0.203. The number of hydrogen-bond acceptors (Lipinski definition) is 2. The zero-order chi connectivity index (χ0) is 13.9. The van der Waals surface area contributed by atoms with Crippen molar-refractivity contribution in [1.29, 1.82) is 0 Å². The van der Waals surface area contributed by atoms with Crippen molar-refractivity contribution >= 4 is 38.7 Å². The third-order valence-electron chi connectivity index (χ3n) is 2.83. The van der Waals surface area contributed by atoms with Crippen LogP contribution in [-0.4, -0.2) is 38.7 Å². The van der Waals surface area contributed by atoms with Gasteiger partial charge in [0.25, 0.3) is 0 Å². The van der Waals surface area contributed by atoms with E-state index in [-0.39, 0.29) is 38.7 Å². The van der Waals surface area contributed by atoms with Crippen molar-refractivity contribution in [3.63, 3.8) is 0 Å². The van der Waals surface area contributed by atoms with Gasteiger partial charge in [0.05, 0.1) is 38.7 Å². The summed E-state index contributed by atoms with van der Waals surface area (Å²) in [6.07, 6.45) is 5.55. The van der Waals surface area contributed by atoms with E-state index in [2.05, 4.69) is 37.0 Å². The maximum absolute atomic E-state index is 3.66. The second-order valence-corrected chi connectivity index (χ2v) is 13.7. The first-order valence-electron chi connectivity index (χ1n) is 8.24. The van der Waals surface area contributed by atoms with Crippen molar-refractivity contribution in [1.82, 2.24) is 9.30 Å². The molecule has 0 amide bonds. The molecule has 0 aromatic carbocycles. The highest BCUT2D eigenvalue weighted by Gasteiger charge is 1.86. The summed E-state index contributed by atoms with van der Waals surface area (Å²) in [7, 11) is 0.811. The molecule has 0 unspecified atom stereocenters. The lowest BCUT2D eigenvalue weighted by molar-refractivity contribution is 1.05. The van der Waals surface area contributed by atoms with Crippen molar-refractivity contribution in [2.75, 3.05) is 0 Å². The molecule has 0 aliphatic carbocycles. The highest BCUT2D eigenvalue weighted by atomic mass is 28.3. The molecule has 0 fully saturated rings. The van der Waals surface area contributed by atoms with Crippen molar-refractivity contribution < 1.29 is 0 Å². The monoisotopic (exact) mass is 322 g/mol. The van der Waals surface area contributed by atoms with Gasteiger partial charge < -0.3 is 9.30 Å². The zero-order valence-electron chi connectivity index (χ0n) is 13.5. The fourth-order valence-corrected chi connectivity index (χ4v) is 8.87. The van der Waals surface area contributed by atoms with Gasteiger partial charge in [0, 0.05) is 0 Å². The lowest BCUT2D eigenvalue weighted by Crippen LogP contribution is -2.22. The van der Waals surface area contributed by atoms with Crippen LogP contribution in [0.1, 0.15) is 53.4 Å². The summed E-state index contributed by atoms with van der Waals surface area (Å²) in [6, 6.07) is 5.99. The van der Waals surface area contributed by atoms with Crippen LogP contribution in [0.2, 0.25) is 24.2 Å². The van der Waals surface area contributed by atoms with Crippen LogP contribution in [0, 0.1) is 0 Å². The summed E-state index contributed by atoms with van der Waals surface area (Å²) < 4.78 is 7.33. The van der Waals surface area contributed by atoms with E-state index in [9.17, 15) is 0 Å². The average Bonchev–Trinajstić information content (AvgIpc) is 2.39. The molecule has 18 heavy (non-hydrogen) atoms. The van der Waals surface area contributed by atoms with Gasteiger partial charge in [0.2, 0.25) is 0 Å². The lowest BCUT2D eigenvalue weighted by Gasteiger charge is -1.98. The predicted octanol–water partition coefficient (Wildman–Crippen LogP) is 0.800. The van der Waals surface area contributed by atoms with E-state index >= 15 is 0 Å². The Morgan fingerprint density at radius 1 is 0.500 bits per heavy atom. The van der Waals surface area contributed by atoms with E-state index in [0.29, 0.717) is 0 Å². The maximum Gasteiger partial charge on any atom is 0.0844 e. The van der Waals surface area contributed by atoms with Crippen molar-refractivity contribution in [2.45, 2.75) is 77.6 Å². The highest BCUT2D eigenvalue weighted by molar-refractivity contribution is 6.51. The fraction of sp³-hybridized carbons (Fsp3) is 1.00. The van der Waals surface area contributed by atoms with E-state index in [0.717, 1.165) is 0 Å². The first-order chi connectivity index (χ1) is 8.83. The summed E-state index contributed by atoms with van der Waals surface area (Å²) >= 11 is 0. The number of hydrogen-bond donors (Lipinski definition) is 2. The number of rotatable bonds is 12. The van der Waals surface area contributed by atoms with E-state index in [1.807, 2.05) is 0 Å². The molecule has 0 aromatic heterocycles. The summed E-state index contributed by atoms with van der Waals surface area (Å²) in [6.45, 7) is 9.10. The molecule has 6 heteroatoms. The smallest absolute Gasteiger partial charge is 0.0844 e. The standard InChI is InChI=1S/2C6H19NSi2/c2*1-3-5-8-7-9-6-4-2/h2*7H,3-6,8-9H2,1-2H3. The molecule has 2 N–H and O–H groups in total. The van der Waals surface area contributed by atoms with Gasteiger partial charge in [-0.3, -0.25) is 0 Å². The van der Waals surface area contributed by atoms with Crippen LogP contribution < -0.4 is 9.30 Å². The summed E-state index contributed by atoms with van der Waals surface area (Å²) in [5.41, 5.74) is 0. The molecule has 0 atom stereocenters. The first kappa shape index (κ1) is 21.1. The summed E-state index contributed by atoms with van der Waals surface area (Å²) in [4.78, 5) is 0. The molecule has 2 nitrogen and oxygen atoms in total. The molecule has 0 heterocycles. The Bertz CT molecular complexity index is 103. The van der Waals surface area contributed by atoms with Gasteiger partial charge in [0.1, 0.15) is 0 Å². The molecule has 0 rings (SSSR count). The zero-order valence-corrected chi connectivity index (χ0v) is 19.1. The van der Waals surface area contributed by atoms with Gasteiger partial charge in [-0.05, 0) is 0 Å². The van der Waals surface area contributed by atoms with Crippen molar-refractivity contribution in [3.05, 3.63) is 0 Å². The number of nitrogens with one attached hydrogen (secondary N) is 2. The van der Waals surface area contributed by atoms with Gasteiger partial charge in [-0.1, -0.05) is 77.6 Å². The Labute approximate surface area is 125 Å². The Balaban J connectivity index is 0. The van der Waals surface area contributed by atoms with Gasteiger partial charge in [-0.25, -0.2) is 0 Å². The molecule has 112 valence electrons. The highest BCUT2D eigenvalue weighted by Crippen LogP contribution is 1.85. The van der Waals surface area contributed by atoms with E-state index in [1.165, 1.54) is 49.9 Å². The largest absolute Gasteiger partial charge is 0.369 e. The van der Waals surface area contributed by atoms with Crippen LogP contribution in [0.4, 0.5) is 0 Å². The van der Waals surface area contributed by atoms with Crippen LogP contribution in [0.5, 0.6) is 0 Å².